The van der Waals surface area contributed by atoms with Crippen LogP contribution < -0.4 is 14.2 Å². The van der Waals surface area contributed by atoms with Gasteiger partial charge in [0.05, 0.1) is 51.6 Å². The molecule has 1 heterocycles. The Morgan fingerprint density at radius 2 is 0.765 bits per heavy atom. The number of benzene rings is 3. The third-order valence-electron chi connectivity index (χ3n) is 9.07. The Balaban J connectivity index is 1.77. The van der Waals surface area contributed by atoms with Crippen LogP contribution in [0.2, 0.25) is 118 Å². The van der Waals surface area contributed by atoms with Crippen molar-refractivity contribution < 1.29 is 51.0 Å². The van der Waals surface area contributed by atoms with E-state index in [1.54, 1.807) is 43.5 Å². The first-order chi connectivity index (χ1) is 30.8. The monoisotopic (exact) mass is 1080 g/mol. The highest BCUT2D eigenvalue weighted by Crippen LogP contribution is 2.38. The van der Waals surface area contributed by atoms with Gasteiger partial charge in [-0.2, -0.15) is 0 Å². The molecule has 1 aromatic heterocycles. The first-order valence-corrected chi connectivity index (χ1v) is 45.8. The first-order valence-electron chi connectivity index (χ1n) is 23.4. The average Bonchev–Trinajstić information content (AvgIpc) is 3.09. The smallest absolute Gasteiger partial charge is 0.195 e. The third kappa shape index (κ3) is 19.8. The molecule has 0 aliphatic rings. The number of methoxy groups -OCH3 is 1. The fraction of sp³-hybridized carbons (Fsp3) is 0.543. The maximum atomic E-state index is 11.7. The van der Waals surface area contributed by atoms with Crippen molar-refractivity contribution in [3.63, 3.8) is 0 Å². The van der Waals surface area contributed by atoms with Gasteiger partial charge >= 0.3 is 0 Å². The number of rotatable bonds is 24. The maximum Gasteiger partial charge on any atom is 0.195 e. The van der Waals surface area contributed by atoms with Gasteiger partial charge in [0.15, 0.2) is 80.0 Å². The summed E-state index contributed by atoms with van der Waals surface area (Å²) >= 11 is 0. The van der Waals surface area contributed by atoms with Crippen LogP contribution in [0.3, 0.4) is 0 Å². The average molecular weight is 1080 g/mol. The van der Waals surface area contributed by atoms with Crippen LogP contribution in [-0.2, 0) is 26.6 Å². The Hall–Kier alpha value is -2.83. The first kappa shape index (κ1) is 57.7. The fourth-order valence-electron chi connectivity index (χ4n) is 7.75. The van der Waals surface area contributed by atoms with Crippen molar-refractivity contribution in [2.45, 2.75) is 154 Å². The van der Waals surface area contributed by atoms with E-state index in [0.29, 0.717) is 73.1 Å². The topological polar surface area (TPSA) is 162 Å². The molecule has 0 fully saturated rings. The Kier molecular flexibility index (Phi) is 18.6. The van der Waals surface area contributed by atoms with Crippen molar-refractivity contribution in [1.82, 2.24) is 15.0 Å². The fourth-order valence-corrected chi connectivity index (χ4v) is 23.4. The van der Waals surface area contributed by atoms with Gasteiger partial charge in [-0.25, -0.2) is 15.0 Å². The van der Waals surface area contributed by atoms with Gasteiger partial charge in [0.2, 0.25) is 0 Å². The molecule has 378 valence electrons. The Morgan fingerprint density at radius 3 is 1.04 bits per heavy atom. The number of hydrogen-bond donors (Lipinski definition) is 2. The molecule has 2 unspecified atom stereocenters. The molecule has 0 saturated heterocycles. The van der Waals surface area contributed by atoms with Crippen LogP contribution >= 0.6 is 0 Å². The van der Waals surface area contributed by atoms with Crippen molar-refractivity contribution in [3.8, 4) is 62.9 Å². The van der Waals surface area contributed by atoms with Crippen molar-refractivity contribution in [3.05, 3.63) is 60.7 Å². The summed E-state index contributed by atoms with van der Waals surface area (Å²) in [4.78, 5) is 14.5. The van der Waals surface area contributed by atoms with Crippen LogP contribution in [-0.4, -0.2) is 126 Å². The van der Waals surface area contributed by atoms with Gasteiger partial charge in [-0.15, -0.1) is 0 Å². The van der Waals surface area contributed by atoms with Crippen molar-refractivity contribution in [1.29, 1.82) is 0 Å². The molecule has 0 aliphatic carbocycles. The van der Waals surface area contributed by atoms with Gasteiger partial charge in [0.1, 0.15) is 39.6 Å². The quantitative estimate of drug-likeness (QED) is 0.0504. The molecule has 0 radical (unpaired) electrons. The summed E-state index contributed by atoms with van der Waals surface area (Å²) in [6, 6.07) is 17.3. The molecule has 0 saturated carbocycles. The van der Waals surface area contributed by atoms with Crippen molar-refractivity contribution in [2.75, 3.05) is 7.11 Å². The number of aromatic nitrogens is 3. The highest BCUT2D eigenvalue weighted by molar-refractivity contribution is 6.72. The van der Waals surface area contributed by atoms with E-state index in [9.17, 15) is 10.2 Å². The molecule has 4 rings (SSSR count). The molecule has 22 heteroatoms. The van der Waals surface area contributed by atoms with E-state index in [-0.39, 0.29) is 23.1 Å². The molecule has 3 aromatic carbocycles. The zero-order valence-corrected chi connectivity index (χ0v) is 54.8. The number of nitrogens with zero attached hydrogens (tertiary/aromatic N) is 3. The minimum Gasteiger partial charge on any atom is -0.507 e. The lowest BCUT2D eigenvalue weighted by atomic mass is 10.1. The SMILES string of the molecule is COc1ccc(-c2nc(-c3ccc(OC(CC([SiH3])(O[Si](C)(C)C)O[Si](C)(C)C)O[Si](C)(C)C)cc3O)nc(-c3ccc(OC(CC([SiH3])(O[Si](C)(C)C)O[Si](C)(C)C)O[Si](C)(C)C)cc3O)n2)cc1. The standard InChI is InChI=1S/C46H81N3O11Si8/c1-52-33-22-20-32(21-23-33)42-47-43(36-26-24-34(28-38(36)50)53-40(55-63(2,3)4)30-45(61,57-65(8,9)10)58-66(11,12)13)49-44(48-42)37-27-25-35(29-39(37)51)54-41(56-64(5,6)7)31-46(62,59-67(14,15)16)60-68(17,18)19/h20-29,40-41,50-51H,30-31H2,1-19,61-62H3. The normalized spacial score (nSPS) is 14.5. The van der Waals surface area contributed by atoms with Crippen LogP contribution in [0.25, 0.3) is 34.2 Å². The van der Waals surface area contributed by atoms with E-state index in [1.165, 1.54) is 0 Å². The Bertz CT molecular complexity index is 2140. The van der Waals surface area contributed by atoms with Crippen LogP contribution in [0.5, 0.6) is 28.7 Å². The molecular formula is C46H81N3O11Si8. The minimum atomic E-state index is -2.14. The highest BCUT2D eigenvalue weighted by Gasteiger charge is 2.42. The largest absolute Gasteiger partial charge is 0.507 e. The molecule has 4 aromatic rings. The van der Waals surface area contributed by atoms with Crippen LogP contribution in [0.15, 0.2) is 60.7 Å². The van der Waals surface area contributed by atoms with Gasteiger partial charge in [0.25, 0.3) is 0 Å². The van der Waals surface area contributed by atoms with E-state index in [0.717, 1.165) is 0 Å². The lowest BCUT2D eigenvalue weighted by Crippen LogP contribution is -2.54. The maximum absolute atomic E-state index is 11.7. The predicted molar refractivity (Wildman–Crippen MR) is 296 cm³/mol. The van der Waals surface area contributed by atoms with Gasteiger partial charge < -0.3 is 51.0 Å². The zero-order chi connectivity index (χ0) is 51.5. The van der Waals surface area contributed by atoms with E-state index >= 15 is 0 Å². The molecule has 0 aliphatic heterocycles. The number of aromatic hydroxyl groups is 2. The second-order valence-electron chi connectivity index (χ2n) is 23.5. The molecule has 68 heavy (non-hydrogen) atoms. The summed E-state index contributed by atoms with van der Waals surface area (Å²) in [5, 5.41) is 23.5. The summed E-state index contributed by atoms with van der Waals surface area (Å²) in [5.74, 6) is 1.92. The second kappa shape index (κ2) is 21.9. The van der Waals surface area contributed by atoms with Crippen LogP contribution in [0, 0.1) is 0 Å². The lowest BCUT2D eigenvalue weighted by molar-refractivity contribution is -0.120. The molecule has 0 amide bonds. The summed E-state index contributed by atoms with van der Waals surface area (Å²) in [5.41, 5.74) is -0.288. The Labute approximate surface area is 418 Å². The van der Waals surface area contributed by atoms with Gasteiger partial charge in [-0.3, -0.25) is 0 Å². The molecule has 2 N–H and O–H groups in total. The summed E-state index contributed by atoms with van der Waals surface area (Å²) in [7, 11) is -9.61. The summed E-state index contributed by atoms with van der Waals surface area (Å²) < 4.78 is 58.8. The molecule has 0 spiro atoms. The van der Waals surface area contributed by atoms with Gasteiger partial charge in [-0.1, -0.05) is 0 Å². The van der Waals surface area contributed by atoms with Crippen molar-refractivity contribution >= 4 is 70.4 Å². The summed E-state index contributed by atoms with van der Waals surface area (Å²) in [6.45, 7) is 38.6. The minimum absolute atomic E-state index is 0.117. The molecular weight excluding hydrogens is 995 g/mol. The zero-order valence-electron chi connectivity index (χ0n) is 44.8. The molecule has 0 bridgehead atoms. The van der Waals surface area contributed by atoms with Gasteiger partial charge in [0, 0.05) is 17.7 Å². The van der Waals surface area contributed by atoms with E-state index < -0.39 is 73.3 Å². The van der Waals surface area contributed by atoms with E-state index in [4.69, 9.17) is 55.7 Å². The molecule has 14 nitrogen and oxygen atoms in total. The van der Waals surface area contributed by atoms with Crippen molar-refractivity contribution in [2.24, 2.45) is 0 Å². The Morgan fingerprint density at radius 1 is 0.456 bits per heavy atom. The number of phenols is 2. The highest BCUT2D eigenvalue weighted by atomic mass is 28.4. The number of hydrogen-bond acceptors (Lipinski definition) is 14. The van der Waals surface area contributed by atoms with E-state index in [2.05, 4.69) is 118 Å². The van der Waals surface area contributed by atoms with Gasteiger partial charge in [-0.05, 0) is 166 Å². The van der Waals surface area contributed by atoms with Crippen LogP contribution in [0.4, 0.5) is 0 Å². The lowest BCUT2D eigenvalue weighted by Gasteiger charge is -2.43. The predicted octanol–water partition coefficient (Wildman–Crippen LogP) is 9.63. The number of phenolic OH excluding ortho intramolecular Hbond substituents is 2. The number of ether oxygens (including phenoxy) is 3. The molecule has 2 atom stereocenters. The van der Waals surface area contributed by atoms with Crippen LogP contribution in [0.1, 0.15) is 12.8 Å². The second-order valence-corrected chi connectivity index (χ2v) is 53.2. The summed E-state index contributed by atoms with van der Waals surface area (Å²) in [6.07, 6.45) is -0.636. The van der Waals surface area contributed by atoms with E-state index in [1.807, 2.05) is 24.3 Å². The third-order valence-corrected chi connectivity index (χ3v) is 18.5.